The molecule has 5 nitrogen and oxygen atoms in total. The number of pyridine rings is 1. The van der Waals surface area contributed by atoms with E-state index in [0.717, 1.165) is 0 Å². The molecule has 18 heavy (non-hydrogen) atoms. The predicted octanol–water partition coefficient (Wildman–Crippen LogP) is 1.05. The van der Waals surface area contributed by atoms with Crippen molar-refractivity contribution < 1.29 is 19.0 Å². The van der Waals surface area contributed by atoms with E-state index in [2.05, 4.69) is 11.6 Å². The van der Waals surface area contributed by atoms with Crippen molar-refractivity contribution in [3.63, 3.8) is 0 Å². The number of ether oxygens (including phenoxy) is 1. The first-order chi connectivity index (χ1) is 8.55. The summed E-state index contributed by atoms with van der Waals surface area (Å²) in [4.78, 5) is 16.3. The second-order valence-corrected chi connectivity index (χ2v) is 4.12. The lowest BCUT2D eigenvalue weighted by Crippen LogP contribution is -2.61. The largest absolute Gasteiger partial charge is 0.445 e. The van der Waals surface area contributed by atoms with Gasteiger partial charge in [0.05, 0.1) is 13.1 Å². The normalized spacial score (nSPS) is 16.9. The van der Waals surface area contributed by atoms with Crippen LogP contribution in [-0.4, -0.2) is 40.8 Å². The molecule has 1 fully saturated rings. The second-order valence-electron chi connectivity index (χ2n) is 4.12. The molecule has 1 saturated heterocycles. The molecular formula is C12H13FN2O3. The third-order valence-corrected chi connectivity index (χ3v) is 2.75. The van der Waals surface area contributed by atoms with Gasteiger partial charge in [-0.1, -0.05) is 12.7 Å². The Morgan fingerprint density at radius 2 is 2.39 bits per heavy atom. The minimum absolute atomic E-state index is 0.107. The molecule has 2 heterocycles. The Kier molecular flexibility index (Phi) is 3.29. The van der Waals surface area contributed by atoms with Gasteiger partial charge in [0.1, 0.15) is 12.2 Å². The van der Waals surface area contributed by atoms with Gasteiger partial charge in [-0.2, -0.15) is 4.39 Å². The lowest BCUT2D eigenvalue weighted by atomic mass is 9.87. The van der Waals surface area contributed by atoms with Crippen LogP contribution >= 0.6 is 0 Å². The molecular weight excluding hydrogens is 239 g/mol. The van der Waals surface area contributed by atoms with Crippen LogP contribution in [0, 0.1) is 5.95 Å². The first-order valence-corrected chi connectivity index (χ1v) is 5.42. The highest BCUT2D eigenvalue weighted by atomic mass is 19.1. The van der Waals surface area contributed by atoms with E-state index in [1.54, 1.807) is 0 Å². The molecule has 0 aliphatic carbocycles. The van der Waals surface area contributed by atoms with Crippen molar-refractivity contribution in [2.45, 2.75) is 5.60 Å². The zero-order valence-corrected chi connectivity index (χ0v) is 9.67. The number of rotatable bonds is 3. The summed E-state index contributed by atoms with van der Waals surface area (Å²) >= 11 is 0. The number of likely N-dealkylation sites (tertiary alicyclic amines) is 1. The van der Waals surface area contributed by atoms with Gasteiger partial charge in [-0.05, 0) is 12.1 Å². The maximum absolute atomic E-state index is 12.7. The number of aromatic nitrogens is 1. The fourth-order valence-corrected chi connectivity index (χ4v) is 1.77. The number of halogens is 1. The van der Waals surface area contributed by atoms with E-state index in [1.165, 1.54) is 29.3 Å². The minimum Gasteiger partial charge on any atom is -0.445 e. The zero-order chi connectivity index (χ0) is 13.2. The third-order valence-electron chi connectivity index (χ3n) is 2.75. The van der Waals surface area contributed by atoms with Crippen molar-refractivity contribution >= 4 is 6.09 Å². The fraction of sp³-hybridized carbons (Fsp3) is 0.333. The number of hydrogen-bond donors (Lipinski definition) is 1. The molecule has 96 valence electrons. The summed E-state index contributed by atoms with van der Waals surface area (Å²) in [6, 6.07) is 2.63. The smallest absolute Gasteiger partial charge is 0.410 e. The molecule has 6 heteroatoms. The summed E-state index contributed by atoms with van der Waals surface area (Å²) in [6.45, 7) is 3.78. The third kappa shape index (κ3) is 2.33. The highest BCUT2D eigenvalue weighted by Gasteiger charge is 2.45. The van der Waals surface area contributed by atoms with Gasteiger partial charge in [0, 0.05) is 11.8 Å². The van der Waals surface area contributed by atoms with Gasteiger partial charge in [0.15, 0.2) is 0 Å². The lowest BCUT2D eigenvalue weighted by Gasteiger charge is -2.45. The molecule has 0 bridgehead atoms. The summed E-state index contributed by atoms with van der Waals surface area (Å²) in [7, 11) is 0. The second kappa shape index (κ2) is 4.73. The summed E-state index contributed by atoms with van der Waals surface area (Å²) in [5.41, 5.74) is -0.690. The van der Waals surface area contributed by atoms with E-state index in [-0.39, 0.29) is 19.7 Å². The molecule has 1 amide bonds. The average molecular weight is 252 g/mol. The van der Waals surface area contributed by atoms with Crippen LogP contribution < -0.4 is 0 Å². The fourth-order valence-electron chi connectivity index (χ4n) is 1.77. The number of amides is 1. The van der Waals surface area contributed by atoms with E-state index in [9.17, 15) is 14.3 Å². The Balaban J connectivity index is 1.95. The van der Waals surface area contributed by atoms with Crippen molar-refractivity contribution in [1.82, 2.24) is 9.88 Å². The standard InChI is InChI=1S/C12H13FN2O3/c1-2-5-18-11(16)15-7-12(17,8-15)9-3-4-10(13)14-6-9/h2-4,6,17H,1,5,7-8H2. The quantitative estimate of drug-likeness (QED) is 0.645. The number of carbonyl (C=O) groups is 1. The van der Waals surface area contributed by atoms with E-state index in [1.807, 2.05) is 0 Å². The maximum atomic E-state index is 12.7. The van der Waals surface area contributed by atoms with Gasteiger partial charge < -0.3 is 14.7 Å². The van der Waals surface area contributed by atoms with E-state index in [4.69, 9.17) is 4.74 Å². The van der Waals surface area contributed by atoms with E-state index in [0.29, 0.717) is 5.56 Å². The van der Waals surface area contributed by atoms with Crippen molar-refractivity contribution in [3.8, 4) is 0 Å². The molecule has 1 aliphatic heterocycles. The Morgan fingerprint density at radius 1 is 1.67 bits per heavy atom. The first kappa shape index (κ1) is 12.5. The molecule has 1 N–H and O–H groups in total. The summed E-state index contributed by atoms with van der Waals surface area (Å²) in [5.74, 6) is -0.607. The van der Waals surface area contributed by atoms with Crippen molar-refractivity contribution in [2.75, 3.05) is 19.7 Å². The number of β-amino-alcohol motifs (C(OH)–C–C–N with tert-alkyl or cyclic N) is 1. The number of hydrogen-bond acceptors (Lipinski definition) is 4. The number of nitrogens with zero attached hydrogens (tertiary/aromatic N) is 2. The summed E-state index contributed by atoms with van der Waals surface area (Å²) < 4.78 is 17.5. The van der Waals surface area contributed by atoms with Crippen LogP contribution in [0.3, 0.4) is 0 Å². The molecule has 0 aromatic carbocycles. The zero-order valence-electron chi connectivity index (χ0n) is 9.67. The van der Waals surface area contributed by atoms with Crippen LogP contribution in [0.5, 0.6) is 0 Å². The first-order valence-electron chi connectivity index (χ1n) is 5.42. The average Bonchev–Trinajstić information content (AvgIpc) is 2.33. The van der Waals surface area contributed by atoms with Gasteiger partial charge in [-0.25, -0.2) is 9.78 Å². The van der Waals surface area contributed by atoms with Gasteiger partial charge in [0.2, 0.25) is 5.95 Å². The molecule has 0 saturated carbocycles. The van der Waals surface area contributed by atoms with Crippen LogP contribution in [0.4, 0.5) is 9.18 Å². The van der Waals surface area contributed by atoms with Gasteiger partial charge >= 0.3 is 6.09 Å². The monoisotopic (exact) mass is 252 g/mol. The molecule has 0 radical (unpaired) electrons. The molecule has 1 aromatic heterocycles. The SMILES string of the molecule is C=CCOC(=O)N1CC(O)(c2ccc(F)nc2)C1. The Morgan fingerprint density at radius 3 is 2.94 bits per heavy atom. The van der Waals surface area contributed by atoms with Gasteiger partial charge in [-0.15, -0.1) is 0 Å². The molecule has 1 aromatic rings. The summed E-state index contributed by atoms with van der Waals surface area (Å²) in [6.07, 6.45) is 2.23. The minimum atomic E-state index is -1.17. The van der Waals surface area contributed by atoms with Crippen molar-refractivity contribution in [1.29, 1.82) is 0 Å². The van der Waals surface area contributed by atoms with Gasteiger partial charge in [0.25, 0.3) is 0 Å². The molecule has 0 atom stereocenters. The number of carbonyl (C=O) groups excluding carboxylic acids is 1. The number of aliphatic hydroxyl groups is 1. The van der Waals surface area contributed by atoms with Gasteiger partial charge in [-0.3, -0.25) is 0 Å². The molecule has 0 unspecified atom stereocenters. The van der Waals surface area contributed by atoms with Crippen LogP contribution in [0.15, 0.2) is 31.0 Å². The lowest BCUT2D eigenvalue weighted by molar-refractivity contribution is -0.0934. The Bertz CT molecular complexity index is 455. The predicted molar refractivity (Wildman–Crippen MR) is 61.2 cm³/mol. The highest BCUT2D eigenvalue weighted by Crippen LogP contribution is 2.31. The highest BCUT2D eigenvalue weighted by molar-refractivity contribution is 5.69. The van der Waals surface area contributed by atoms with Crippen molar-refractivity contribution in [3.05, 3.63) is 42.5 Å². The Labute approximate surface area is 104 Å². The van der Waals surface area contributed by atoms with Crippen molar-refractivity contribution in [2.24, 2.45) is 0 Å². The molecule has 1 aliphatic rings. The van der Waals surface area contributed by atoms with E-state index >= 15 is 0 Å². The Hall–Kier alpha value is -1.95. The van der Waals surface area contributed by atoms with Crippen LogP contribution in [0.1, 0.15) is 5.56 Å². The van der Waals surface area contributed by atoms with Crippen LogP contribution in [-0.2, 0) is 10.3 Å². The molecule has 2 rings (SSSR count). The van der Waals surface area contributed by atoms with Crippen LogP contribution in [0.25, 0.3) is 0 Å². The topological polar surface area (TPSA) is 62.7 Å². The summed E-state index contributed by atoms with van der Waals surface area (Å²) in [5, 5.41) is 10.2. The van der Waals surface area contributed by atoms with E-state index < -0.39 is 17.6 Å². The molecule has 0 spiro atoms. The maximum Gasteiger partial charge on any atom is 0.410 e. The van der Waals surface area contributed by atoms with Crippen LogP contribution in [0.2, 0.25) is 0 Å².